The zero-order valence-electron chi connectivity index (χ0n) is 38.7. The first-order valence-electron chi connectivity index (χ1n) is 23.8. The lowest BCUT2D eigenvalue weighted by Crippen LogP contribution is -2.53. The molecule has 4 aliphatic rings. The van der Waals surface area contributed by atoms with Gasteiger partial charge in [0, 0.05) is 85.7 Å². The summed E-state index contributed by atoms with van der Waals surface area (Å²) in [5.41, 5.74) is 7.77. The normalized spacial score (nSPS) is 18.8. The van der Waals surface area contributed by atoms with Crippen LogP contribution in [0.2, 0.25) is 0 Å². The average molecular weight is 915 g/mol. The summed E-state index contributed by atoms with van der Waals surface area (Å²) < 4.78 is 19.4. The number of aromatic nitrogens is 3. The number of unbranched alkanes of at least 4 members (excludes halogenated alkanes) is 1. The number of piperazine rings is 1. The van der Waals surface area contributed by atoms with E-state index in [4.69, 9.17) is 14.7 Å². The van der Waals surface area contributed by atoms with Crippen molar-refractivity contribution in [1.82, 2.24) is 35.0 Å². The Balaban J connectivity index is 0.748. The Bertz CT molecular complexity index is 2650. The van der Waals surface area contributed by atoms with Crippen molar-refractivity contribution in [1.29, 1.82) is 0 Å². The van der Waals surface area contributed by atoms with Crippen LogP contribution in [0.4, 0.5) is 28.8 Å². The largest absolute Gasteiger partial charge is 0.493 e. The first-order chi connectivity index (χ1) is 32.0. The zero-order valence-corrected chi connectivity index (χ0v) is 39.6. The van der Waals surface area contributed by atoms with Gasteiger partial charge in [0.2, 0.25) is 17.8 Å². The van der Waals surface area contributed by atoms with Crippen molar-refractivity contribution in [2.24, 2.45) is 0 Å². The van der Waals surface area contributed by atoms with Crippen LogP contribution in [0.25, 0.3) is 11.0 Å². The van der Waals surface area contributed by atoms with Crippen molar-refractivity contribution >= 4 is 70.0 Å². The summed E-state index contributed by atoms with van der Waals surface area (Å²) in [5.74, 6) is 0.974. The minimum absolute atomic E-state index is 0.181. The number of hydrogen-bond donors (Lipinski definition) is 4. The van der Waals surface area contributed by atoms with Gasteiger partial charge in [-0.1, -0.05) is 32.0 Å². The van der Waals surface area contributed by atoms with Gasteiger partial charge < -0.3 is 39.6 Å². The predicted molar refractivity (Wildman–Crippen MR) is 262 cm³/mol. The maximum atomic E-state index is 13.2. The molecule has 15 nitrogen and oxygen atoms in total. The molecule has 3 fully saturated rings. The molecule has 0 bridgehead atoms. The molecule has 16 heteroatoms. The van der Waals surface area contributed by atoms with Crippen LogP contribution in [0.3, 0.4) is 0 Å². The standard InChI is InChI=1S/C50H63N10O5P/c1-5-33-31-42(34(6-2)30-40(33)53-50-55-46-37(18-21-51-46)47(56-50)52-39-13-7-8-15-44(39)66(3,4)64)59-23-19-35(20-24-59)58-27-25-57(26-28-58)22-9-10-29-65-43-14-11-12-36-38(43)32-60(49(36)63)41-16-17-45(61)54-48(41)62/h7-8,11-15,18,21,30-31,35,41H,5-6,9-10,16-17,19-20,22-29,32H2,1-4H3,(H,54,61,62)(H3,51,52,53,55,56). The molecule has 1 atom stereocenters. The number of imide groups is 1. The molecule has 3 amide bonds. The van der Waals surface area contributed by atoms with E-state index >= 15 is 0 Å². The number of fused-ring (bicyclic) bond motifs is 2. The van der Waals surface area contributed by atoms with Crippen LogP contribution < -0.4 is 30.9 Å². The third kappa shape index (κ3) is 9.70. The van der Waals surface area contributed by atoms with E-state index in [-0.39, 0.29) is 18.2 Å². The number of piperidine rings is 2. The molecule has 348 valence electrons. The number of nitrogens with zero attached hydrogens (tertiary/aromatic N) is 6. The van der Waals surface area contributed by atoms with Crippen molar-refractivity contribution < 1.29 is 23.7 Å². The molecule has 2 aromatic heterocycles. The molecule has 0 spiro atoms. The molecule has 66 heavy (non-hydrogen) atoms. The molecule has 0 aliphatic carbocycles. The minimum Gasteiger partial charge on any atom is -0.493 e. The van der Waals surface area contributed by atoms with E-state index in [9.17, 15) is 18.9 Å². The lowest BCUT2D eigenvalue weighted by Gasteiger charge is -2.43. The summed E-state index contributed by atoms with van der Waals surface area (Å²) in [6, 6.07) is 19.8. The Labute approximate surface area is 387 Å². The monoisotopic (exact) mass is 914 g/mol. The van der Waals surface area contributed by atoms with Crippen molar-refractivity contribution in [3.05, 3.63) is 89.1 Å². The molecule has 3 saturated heterocycles. The Kier molecular flexibility index (Phi) is 13.5. The minimum atomic E-state index is -2.53. The van der Waals surface area contributed by atoms with E-state index in [1.54, 1.807) is 24.3 Å². The van der Waals surface area contributed by atoms with Crippen molar-refractivity contribution in [3.8, 4) is 5.75 Å². The van der Waals surface area contributed by atoms with Crippen LogP contribution in [-0.4, -0.2) is 125 Å². The molecular weight excluding hydrogens is 852 g/mol. The molecule has 1 unspecified atom stereocenters. The third-order valence-electron chi connectivity index (χ3n) is 13.9. The summed E-state index contributed by atoms with van der Waals surface area (Å²) in [4.78, 5) is 59.9. The number of carbonyl (C=O) groups is 3. The summed E-state index contributed by atoms with van der Waals surface area (Å²) in [6.07, 6.45) is 8.47. The highest BCUT2D eigenvalue weighted by molar-refractivity contribution is 7.70. The molecule has 3 aromatic carbocycles. The van der Waals surface area contributed by atoms with E-state index in [1.165, 1.54) is 16.8 Å². The van der Waals surface area contributed by atoms with E-state index in [0.29, 0.717) is 48.7 Å². The lowest BCUT2D eigenvalue weighted by atomic mass is 9.97. The number of benzene rings is 3. The SMILES string of the molecule is CCc1cc(N2CCC(N3CCN(CCCCOc4cccc5c4CN(C4CCC(=O)NC4=O)C5=O)CC3)CC2)c(CC)cc1Nc1nc(Nc2ccccc2P(C)(C)=O)c2cc[nH]c2n1. The van der Waals surface area contributed by atoms with Gasteiger partial charge in [0.1, 0.15) is 30.4 Å². The lowest BCUT2D eigenvalue weighted by molar-refractivity contribution is -0.136. The van der Waals surface area contributed by atoms with Gasteiger partial charge in [-0.05, 0) is 118 Å². The molecule has 9 rings (SSSR count). The van der Waals surface area contributed by atoms with Crippen molar-refractivity contribution in [2.45, 2.75) is 83.8 Å². The van der Waals surface area contributed by atoms with Crippen LogP contribution in [0.5, 0.6) is 5.75 Å². The fraction of sp³-hybridized carbons (Fsp3) is 0.460. The number of anilines is 5. The fourth-order valence-corrected chi connectivity index (χ4v) is 11.3. The first-order valence-corrected chi connectivity index (χ1v) is 26.4. The van der Waals surface area contributed by atoms with Gasteiger partial charge in [-0.15, -0.1) is 0 Å². The van der Waals surface area contributed by atoms with Gasteiger partial charge in [-0.3, -0.25) is 24.6 Å². The maximum absolute atomic E-state index is 13.2. The third-order valence-corrected chi connectivity index (χ3v) is 15.4. The summed E-state index contributed by atoms with van der Waals surface area (Å²) in [5, 5.41) is 11.1. The molecule has 4 aliphatic heterocycles. The number of carbonyl (C=O) groups excluding carboxylic acids is 3. The summed E-state index contributed by atoms with van der Waals surface area (Å²) in [6.45, 7) is 16.3. The van der Waals surface area contributed by atoms with E-state index in [2.05, 4.69) is 61.6 Å². The Morgan fingerprint density at radius 1 is 0.833 bits per heavy atom. The molecule has 6 heterocycles. The Morgan fingerprint density at radius 3 is 2.38 bits per heavy atom. The first kappa shape index (κ1) is 45.4. The van der Waals surface area contributed by atoms with Crippen molar-refractivity contribution in [2.75, 3.05) is 81.3 Å². The van der Waals surface area contributed by atoms with Gasteiger partial charge in [-0.2, -0.15) is 9.97 Å². The van der Waals surface area contributed by atoms with Crippen LogP contribution in [0.1, 0.15) is 79.4 Å². The number of rotatable bonds is 16. The number of aromatic amines is 1. The highest BCUT2D eigenvalue weighted by Crippen LogP contribution is 2.40. The van der Waals surface area contributed by atoms with Crippen LogP contribution >= 0.6 is 7.14 Å². The maximum Gasteiger partial charge on any atom is 0.255 e. The number of amides is 3. The predicted octanol–water partition coefficient (Wildman–Crippen LogP) is 7.02. The second-order valence-electron chi connectivity index (χ2n) is 18.4. The van der Waals surface area contributed by atoms with Crippen LogP contribution in [0.15, 0.2) is 66.9 Å². The summed E-state index contributed by atoms with van der Waals surface area (Å²) in [7, 11) is -2.53. The molecular formula is C50H63N10O5P. The number of ether oxygens (including phenoxy) is 1. The van der Waals surface area contributed by atoms with E-state index < -0.39 is 19.1 Å². The van der Waals surface area contributed by atoms with E-state index in [0.717, 1.165) is 118 Å². The zero-order chi connectivity index (χ0) is 46.0. The summed E-state index contributed by atoms with van der Waals surface area (Å²) >= 11 is 0. The van der Waals surface area contributed by atoms with Crippen LogP contribution in [-0.2, 0) is 33.5 Å². The average Bonchev–Trinajstić information content (AvgIpc) is 3.93. The van der Waals surface area contributed by atoms with Gasteiger partial charge in [0.25, 0.3) is 5.91 Å². The topological polar surface area (TPSA) is 168 Å². The quantitative estimate of drug-likeness (QED) is 0.0454. The number of para-hydroxylation sites is 1. The van der Waals surface area contributed by atoms with Gasteiger partial charge in [0.05, 0.1) is 24.2 Å². The van der Waals surface area contributed by atoms with E-state index in [1.807, 2.05) is 48.7 Å². The van der Waals surface area contributed by atoms with Gasteiger partial charge in [-0.25, -0.2) is 0 Å². The van der Waals surface area contributed by atoms with Crippen molar-refractivity contribution in [3.63, 3.8) is 0 Å². The smallest absolute Gasteiger partial charge is 0.255 e. The number of aryl methyl sites for hydroxylation is 2. The molecule has 0 radical (unpaired) electrons. The molecule has 5 aromatic rings. The number of hydrogen-bond acceptors (Lipinski definition) is 12. The molecule has 0 saturated carbocycles. The number of nitrogens with one attached hydrogen (secondary N) is 4. The Hall–Kier alpha value is -5.76. The second-order valence-corrected chi connectivity index (χ2v) is 21.6. The van der Waals surface area contributed by atoms with Crippen LogP contribution in [0, 0.1) is 0 Å². The Morgan fingerprint density at radius 2 is 1.62 bits per heavy atom. The fourth-order valence-electron chi connectivity index (χ4n) is 10.2. The number of H-pyrrole nitrogens is 1. The highest BCUT2D eigenvalue weighted by Gasteiger charge is 2.40. The molecule has 4 N–H and O–H groups in total. The van der Waals surface area contributed by atoms with Gasteiger partial charge in [0.15, 0.2) is 0 Å². The highest BCUT2D eigenvalue weighted by atomic mass is 31.2. The second kappa shape index (κ2) is 19.6. The van der Waals surface area contributed by atoms with Gasteiger partial charge >= 0.3 is 0 Å².